The molecule has 142 valence electrons. The highest BCUT2D eigenvalue weighted by atomic mass is 32.2. The predicted molar refractivity (Wildman–Crippen MR) is 109 cm³/mol. The van der Waals surface area contributed by atoms with Crippen LogP contribution < -0.4 is 5.32 Å². The SMILES string of the molecule is C=CCn1c(SCC(=O)Nc2ccc(C(C)=O)cc2)nnc1-c1ccccn1. The maximum absolute atomic E-state index is 12.3. The molecule has 2 aromatic heterocycles. The van der Waals surface area contributed by atoms with Crippen molar-refractivity contribution in [3.05, 3.63) is 66.9 Å². The second kappa shape index (κ2) is 9.09. The summed E-state index contributed by atoms with van der Waals surface area (Å²) >= 11 is 1.29. The lowest BCUT2D eigenvalue weighted by molar-refractivity contribution is -0.113. The first-order valence-corrected chi connectivity index (χ1v) is 9.56. The van der Waals surface area contributed by atoms with E-state index in [1.165, 1.54) is 18.7 Å². The van der Waals surface area contributed by atoms with Gasteiger partial charge in [-0.15, -0.1) is 16.8 Å². The van der Waals surface area contributed by atoms with Gasteiger partial charge >= 0.3 is 0 Å². The summed E-state index contributed by atoms with van der Waals surface area (Å²) in [5, 5.41) is 11.8. The molecule has 0 aliphatic carbocycles. The van der Waals surface area contributed by atoms with E-state index in [0.717, 1.165) is 0 Å². The first kappa shape index (κ1) is 19.5. The van der Waals surface area contributed by atoms with E-state index >= 15 is 0 Å². The van der Waals surface area contributed by atoms with E-state index in [1.54, 1.807) is 36.5 Å². The number of benzene rings is 1. The molecule has 28 heavy (non-hydrogen) atoms. The molecule has 0 bridgehead atoms. The minimum absolute atomic E-state index is 0.0151. The number of anilines is 1. The van der Waals surface area contributed by atoms with Crippen LogP contribution in [0.3, 0.4) is 0 Å². The zero-order valence-electron chi connectivity index (χ0n) is 15.3. The Kier molecular flexibility index (Phi) is 6.33. The van der Waals surface area contributed by atoms with Gasteiger partial charge in [0.1, 0.15) is 5.69 Å². The van der Waals surface area contributed by atoms with Crippen molar-refractivity contribution in [1.29, 1.82) is 0 Å². The lowest BCUT2D eigenvalue weighted by atomic mass is 10.1. The Morgan fingerprint density at radius 3 is 2.61 bits per heavy atom. The molecule has 1 amide bonds. The Bertz CT molecular complexity index is 984. The number of nitrogens with one attached hydrogen (secondary N) is 1. The van der Waals surface area contributed by atoms with E-state index in [-0.39, 0.29) is 17.4 Å². The van der Waals surface area contributed by atoms with Crippen molar-refractivity contribution in [2.24, 2.45) is 0 Å². The molecule has 0 atom stereocenters. The van der Waals surface area contributed by atoms with Gasteiger partial charge in [-0.25, -0.2) is 0 Å². The van der Waals surface area contributed by atoms with Gasteiger partial charge in [-0.2, -0.15) is 0 Å². The summed E-state index contributed by atoms with van der Waals surface area (Å²) < 4.78 is 1.87. The van der Waals surface area contributed by atoms with E-state index in [9.17, 15) is 9.59 Å². The van der Waals surface area contributed by atoms with Gasteiger partial charge in [0, 0.05) is 24.0 Å². The number of nitrogens with zero attached hydrogens (tertiary/aromatic N) is 4. The molecule has 1 aromatic carbocycles. The van der Waals surface area contributed by atoms with Crippen LogP contribution in [-0.4, -0.2) is 37.2 Å². The zero-order chi connectivity index (χ0) is 19.9. The van der Waals surface area contributed by atoms with E-state index < -0.39 is 0 Å². The van der Waals surface area contributed by atoms with Gasteiger partial charge in [0.25, 0.3) is 0 Å². The van der Waals surface area contributed by atoms with Gasteiger partial charge in [0.2, 0.25) is 5.91 Å². The minimum atomic E-state index is -0.173. The largest absolute Gasteiger partial charge is 0.325 e. The number of hydrogen-bond donors (Lipinski definition) is 1. The summed E-state index contributed by atoms with van der Waals surface area (Å²) in [6.45, 7) is 5.78. The number of carbonyl (C=O) groups excluding carboxylic acids is 2. The maximum atomic E-state index is 12.3. The Labute approximate surface area is 166 Å². The zero-order valence-corrected chi connectivity index (χ0v) is 16.1. The van der Waals surface area contributed by atoms with E-state index in [2.05, 4.69) is 27.1 Å². The van der Waals surface area contributed by atoms with Gasteiger partial charge < -0.3 is 5.32 Å². The number of allylic oxidation sites excluding steroid dienone is 1. The summed E-state index contributed by atoms with van der Waals surface area (Å²) in [4.78, 5) is 27.9. The molecule has 0 saturated carbocycles. The number of aromatic nitrogens is 4. The number of rotatable bonds is 8. The van der Waals surface area contributed by atoms with E-state index in [1.807, 2.05) is 22.8 Å². The molecule has 0 unspecified atom stereocenters. The van der Waals surface area contributed by atoms with Crippen molar-refractivity contribution in [1.82, 2.24) is 19.7 Å². The molecule has 0 spiro atoms. The summed E-state index contributed by atoms with van der Waals surface area (Å²) in [6.07, 6.45) is 3.44. The third-order valence-electron chi connectivity index (χ3n) is 3.83. The van der Waals surface area contributed by atoms with Crippen LogP contribution in [0.1, 0.15) is 17.3 Å². The average molecular weight is 393 g/mol. The monoisotopic (exact) mass is 393 g/mol. The minimum Gasteiger partial charge on any atom is -0.325 e. The fourth-order valence-electron chi connectivity index (χ4n) is 2.49. The van der Waals surface area contributed by atoms with Crippen LogP contribution in [0.25, 0.3) is 11.5 Å². The summed E-state index contributed by atoms with van der Waals surface area (Å²) in [5.74, 6) is 0.612. The number of Topliss-reactive ketones (excluding diaryl/α,β-unsaturated/α-hetero) is 1. The Hall–Kier alpha value is -3.26. The standard InChI is InChI=1S/C20H19N5O2S/c1-3-12-25-19(17-6-4-5-11-21-17)23-24-20(25)28-13-18(27)22-16-9-7-15(8-10-16)14(2)26/h3-11H,1,12-13H2,2H3,(H,22,27). The molecule has 0 saturated heterocycles. The first-order valence-electron chi connectivity index (χ1n) is 8.57. The van der Waals surface area contributed by atoms with Crippen LogP contribution in [-0.2, 0) is 11.3 Å². The number of thioether (sulfide) groups is 1. The van der Waals surface area contributed by atoms with Gasteiger partial charge in [-0.05, 0) is 43.3 Å². The Morgan fingerprint density at radius 1 is 1.18 bits per heavy atom. The molecular weight excluding hydrogens is 374 g/mol. The normalized spacial score (nSPS) is 10.5. The highest BCUT2D eigenvalue weighted by Crippen LogP contribution is 2.23. The number of amides is 1. The Balaban J connectivity index is 1.66. The van der Waals surface area contributed by atoms with Gasteiger partial charge in [0.05, 0.1) is 5.75 Å². The number of hydrogen-bond acceptors (Lipinski definition) is 6. The quantitative estimate of drug-likeness (QED) is 0.358. The molecule has 2 heterocycles. The third kappa shape index (κ3) is 4.72. The maximum Gasteiger partial charge on any atom is 0.234 e. The molecule has 7 nitrogen and oxygen atoms in total. The molecule has 0 radical (unpaired) electrons. The van der Waals surface area contributed by atoms with Gasteiger partial charge in [-0.1, -0.05) is 23.9 Å². The molecule has 0 fully saturated rings. The van der Waals surface area contributed by atoms with Crippen LogP contribution in [0, 0.1) is 0 Å². The smallest absolute Gasteiger partial charge is 0.234 e. The fraction of sp³-hybridized carbons (Fsp3) is 0.150. The molecule has 8 heteroatoms. The van der Waals surface area contributed by atoms with Crippen molar-refractivity contribution in [2.45, 2.75) is 18.6 Å². The van der Waals surface area contributed by atoms with E-state index in [4.69, 9.17) is 0 Å². The summed E-state index contributed by atoms with van der Waals surface area (Å²) in [5.41, 5.74) is 1.95. The first-order chi connectivity index (χ1) is 13.6. The summed E-state index contributed by atoms with van der Waals surface area (Å²) in [7, 11) is 0. The molecule has 3 rings (SSSR count). The molecule has 0 aliphatic heterocycles. The van der Waals surface area contributed by atoms with Crippen molar-refractivity contribution < 1.29 is 9.59 Å². The number of pyridine rings is 1. The summed E-state index contributed by atoms with van der Waals surface area (Å²) in [6, 6.07) is 12.4. The van der Waals surface area contributed by atoms with Crippen LogP contribution in [0.2, 0.25) is 0 Å². The molecular formula is C20H19N5O2S. The topological polar surface area (TPSA) is 89.8 Å². The number of ketones is 1. The third-order valence-corrected chi connectivity index (χ3v) is 4.80. The second-order valence-corrected chi connectivity index (χ2v) is 6.83. The highest BCUT2D eigenvalue weighted by Gasteiger charge is 2.15. The lowest BCUT2D eigenvalue weighted by Crippen LogP contribution is -2.14. The Morgan fingerprint density at radius 2 is 1.96 bits per heavy atom. The van der Waals surface area contributed by atoms with Crippen molar-refractivity contribution in [2.75, 3.05) is 11.1 Å². The highest BCUT2D eigenvalue weighted by molar-refractivity contribution is 7.99. The van der Waals surface area contributed by atoms with Gasteiger partial charge in [0.15, 0.2) is 16.8 Å². The van der Waals surface area contributed by atoms with Crippen molar-refractivity contribution in [3.63, 3.8) is 0 Å². The van der Waals surface area contributed by atoms with Gasteiger partial charge in [-0.3, -0.25) is 19.1 Å². The lowest BCUT2D eigenvalue weighted by Gasteiger charge is -2.08. The molecule has 0 aliphatic rings. The van der Waals surface area contributed by atoms with E-state index in [0.29, 0.717) is 34.5 Å². The predicted octanol–water partition coefficient (Wildman–Crippen LogP) is 3.46. The van der Waals surface area contributed by atoms with Crippen LogP contribution in [0.5, 0.6) is 0 Å². The van der Waals surface area contributed by atoms with Crippen molar-refractivity contribution >= 4 is 29.1 Å². The van der Waals surface area contributed by atoms with Crippen LogP contribution in [0.15, 0.2) is 66.5 Å². The average Bonchev–Trinajstić information content (AvgIpc) is 3.10. The van der Waals surface area contributed by atoms with Crippen molar-refractivity contribution in [3.8, 4) is 11.5 Å². The number of carbonyl (C=O) groups is 2. The van der Waals surface area contributed by atoms with Crippen LogP contribution >= 0.6 is 11.8 Å². The molecule has 1 N–H and O–H groups in total. The fourth-order valence-corrected chi connectivity index (χ4v) is 3.24. The second-order valence-electron chi connectivity index (χ2n) is 5.89. The van der Waals surface area contributed by atoms with Crippen LogP contribution in [0.4, 0.5) is 5.69 Å². The molecule has 3 aromatic rings.